The average molecular weight is 557 g/mol. The first kappa shape index (κ1) is 37.7. The van der Waals surface area contributed by atoms with Gasteiger partial charge in [0.15, 0.2) is 0 Å². The molecule has 0 aromatic heterocycles. The summed E-state index contributed by atoms with van der Waals surface area (Å²) in [5.74, 6) is -0.0843. The highest BCUT2D eigenvalue weighted by molar-refractivity contribution is 5.91. The number of amides is 1. The molecule has 1 aliphatic carbocycles. The van der Waals surface area contributed by atoms with Gasteiger partial charge in [-0.15, -0.1) is 0 Å². The van der Waals surface area contributed by atoms with E-state index < -0.39 is 5.41 Å². The van der Waals surface area contributed by atoms with Crippen LogP contribution >= 0.6 is 0 Å². The number of allylic oxidation sites excluding steroid dienone is 4. The predicted octanol–water partition coefficient (Wildman–Crippen LogP) is 6.44. The Morgan fingerprint density at radius 2 is 1.65 bits per heavy atom. The van der Waals surface area contributed by atoms with Crippen molar-refractivity contribution in [1.29, 1.82) is 0 Å². The van der Waals surface area contributed by atoms with Gasteiger partial charge in [0.2, 0.25) is 5.91 Å². The van der Waals surface area contributed by atoms with Crippen LogP contribution in [-0.2, 0) is 22.7 Å². The van der Waals surface area contributed by atoms with Crippen LogP contribution in [0.3, 0.4) is 0 Å². The van der Waals surface area contributed by atoms with E-state index >= 15 is 0 Å². The Kier molecular flexibility index (Phi) is 17.2. The Morgan fingerprint density at radius 3 is 2.17 bits per heavy atom. The zero-order valence-corrected chi connectivity index (χ0v) is 27.2. The number of nitrogens with one attached hydrogen (secondary N) is 2. The van der Waals surface area contributed by atoms with Gasteiger partial charge < -0.3 is 22.1 Å². The van der Waals surface area contributed by atoms with Crippen molar-refractivity contribution in [3.63, 3.8) is 0 Å². The Balaban J connectivity index is 0.000000985. The largest absolute Gasteiger partial charge is 0.352 e. The Morgan fingerprint density at radius 1 is 1.05 bits per heavy atom. The van der Waals surface area contributed by atoms with Crippen LogP contribution in [0.25, 0.3) is 0 Å². The number of carbonyl (C=O) groups excluding carboxylic acids is 2. The fraction of sp³-hybridized carbons (Fsp3) is 0.647. The third-order valence-electron chi connectivity index (χ3n) is 7.41. The molecule has 0 saturated carbocycles. The zero-order valence-electron chi connectivity index (χ0n) is 27.2. The molecule has 40 heavy (non-hydrogen) atoms. The summed E-state index contributed by atoms with van der Waals surface area (Å²) in [4.78, 5) is 25.3. The maximum Gasteiger partial charge on any atom is 0.227 e. The summed E-state index contributed by atoms with van der Waals surface area (Å²) in [7, 11) is 1.50. The van der Waals surface area contributed by atoms with E-state index in [9.17, 15) is 9.59 Å². The predicted molar refractivity (Wildman–Crippen MR) is 172 cm³/mol. The lowest BCUT2D eigenvalue weighted by atomic mass is 9.67. The Bertz CT molecular complexity index is 953. The molecule has 228 valence electrons. The maximum atomic E-state index is 13.0. The lowest BCUT2D eigenvalue weighted by Crippen LogP contribution is -2.47. The Labute approximate surface area is 245 Å². The van der Waals surface area contributed by atoms with Crippen molar-refractivity contribution in [1.82, 2.24) is 10.6 Å². The quantitative estimate of drug-likeness (QED) is 0.196. The highest BCUT2D eigenvalue weighted by atomic mass is 16.2. The number of unbranched alkanes of at least 4 members (excludes halogenated alkanes) is 1. The summed E-state index contributed by atoms with van der Waals surface area (Å²) in [5.41, 5.74) is 13.4. The molecule has 2 unspecified atom stereocenters. The minimum atomic E-state index is -0.659. The van der Waals surface area contributed by atoms with Gasteiger partial charge >= 0.3 is 0 Å². The fourth-order valence-electron chi connectivity index (χ4n) is 4.29. The number of nitrogens with two attached hydrogens (primary N) is 2. The van der Waals surface area contributed by atoms with Gasteiger partial charge in [0.05, 0.1) is 5.41 Å². The fourth-order valence-corrected chi connectivity index (χ4v) is 4.29. The molecule has 1 aromatic carbocycles. The van der Waals surface area contributed by atoms with Crippen LogP contribution in [0.4, 0.5) is 0 Å². The van der Waals surface area contributed by atoms with Gasteiger partial charge in [0.1, 0.15) is 5.78 Å². The van der Waals surface area contributed by atoms with E-state index in [0.29, 0.717) is 31.2 Å². The van der Waals surface area contributed by atoms with Crippen LogP contribution in [0.5, 0.6) is 0 Å². The van der Waals surface area contributed by atoms with Crippen LogP contribution in [0, 0.1) is 16.7 Å². The molecule has 1 amide bonds. The van der Waals surface area contributed by atoms with Crippen LogP contribution in [-0.4, -0.2) is 30.8 Å². The van der Waals surface area contributed by atoms with Crippen LogP contribution < -0.4 is 22.1 Å². The maximum absolute atomic E-state index is 13.0. The van der Waals surface area contributed by atoms with Gasteiger partial charge in [0.25, 0.3) is 0 Å². The molecule has 0 radical (unpaired) electrons. The van der Waals surface area contributed by atoms with Gasteiger partial charge in [-0.3, -0.25) is 9.59 Å². The summed E-state index contributed by atoms with van der Waals surface area (Å²) < 4.78 is 0. The zero-order chi connectivity index (χ0) is 31.0. The van der Waals surface area contributed by atoms with E-state index in [1.807, 2.05) is 38.1 Å². The number of Topliss-reactive ketones (excluding diaryl/α,β-unsaturated/α-hetero) is 1. The van der Waals surface area contributed by atoms with Crippen LogP contribution in [0.2, 0.25) is 0 Å². The summed E-state index contributed by atoms with van der Waals surface area (Å²) in [6.45, 7) is 21.2. The second-order valence-corrected chi connectivity index (χ2v) is 12.9. The van der Waals surface area contributed by atoms with E-state index in [0.717, 1.165) is 31.5 Å². The summed E-state index contributed by atoms with van der Waals surface area (Å²) >= 11 is 0. The minimum Gasteiger partial charge on any atom is -0.352 e. The number of ketones is 1. The molecule has 2 atom stereocenters. The highest BCUT2D eigenvalue weighted by Crippen LogP contribution is 2.39. The molecule has 6 nitrogen and oxygen atoms in total. The van der Waals surface area contributed by atoms with E-state index in [-0.39, 0.29) is 23.1 Å². The van der Waals surface area contributed by atoms with E-state index in [4.69, 9.17) is 5.73 Å². The number of rotatable bonds is 10. The van der Waals surface area contributed by atoms with Crippen LogP contribution in [0.1, 0.15) is 106 Å². The molecular weight excluding hydrogens is 496 g/mol. The molecule has 0 spiro atoms. The molecule has 0 aliphatic heterocycles. The van der Waals surface area contributed by atoms with Gasteiger partial charge in [-0.05, 0) is 90.4 Å². The normalized spacial score (nSPS) is 19.1. The lowest BCUT2D eigenvalue weighted by Gasteiger charge is -2.36. The third kappa shape index (κ3) is 13.9. The van der Waals surface area contributed by atoms with E-state index in [2.05, 4.69) is 83.0 Å². The molecule has 1 aliphatic rings. The van der Waals surface area contributed by atoms with Crippen molar-refractivity contribution in [2.45, 2.75) is 113 Å². The number of benzene rings is 1. The van der Waals surface area contributed by atoms with Gasteiger partial charge in [0, 0.05) is 31.0 Å². The van der Waals surface area contributed by atoms with Crippen LogP contribution in [0.15, 0.2) is 48.1 Å². The monoisotopic (exact) mass is 556 g/mol. The van der Waals surface area contributed by atoms with Crippen molar-refractivity contribution < 1.29 is 9.59 Å². The molecular formula is C34H60N4O2. The Hall–Kier alpha value is -2.28. The average Bonchev–Trinajstić information content (AvgIpc) is 2.91. The summed E-state index contributed by atoms with van der Waals surface area (Å²) in [6.07, 6.45) is 10.3. The molecule has 6 N–H and O–H groups in total. The molecule has 1 aromatic rings. The van der Waals surface area contributed by atoms with Crippen molar-refractivity contribution >= 4 is 11.7 Å². The molecule has 0 saturated heterocycles. The first-order valence-electron chi connectivity index (χ1n) is 14.9. The molecule has 6 heteroatoms. The van der Waals surface area contributed by atoms with Gasteiger partial charge in [-0.25, -0.2) is 0 Å². The SMILES string of the molecule is C/C(=C\CCCN)C(C)(C)C.CCC(=O)C1CC=CCC1(C)C(=O)NCc1cccc(CNC(C)(C)C)c1.CN. The molecule has 0 fully saturated rings. The number of carbonyl (C=O) groups is 2. The third-order valence-corrected chi connectivity index (χ3v) is 7.41. The van der Waals surface area contributed by atoms with Crippen molar-refractivity contribution in [3.05, 3.63) is 59.2 Å². The lowest BCUT2D eigenvalue weighted by molar-refractivity contribution is -0.140. The summed E-state index contributed by atoms with van der Waals surface area (Å²) in [5, 5.41) is 6.55. The number of hydrogen-bond donors (Lipinski definition) is 4. The molecule has 0 heterocycles. The van der Waals surface area contributed by atoms with Crippen molar-refractivity contribution in [2.24, 2.45) is 28.2 Å². The molecule has 2 rings (SSSR count). The second kappa shape index (κ2) is 18.2. The number of hydrogen-bond acceptors (Lipinski definition) is 5. The van der Waals surface area contributed by atoms with Gasteiger partial charge in [-0.1, -0.05) is 75.8 Å². The first-order chi connectivity index (χ1) is 18.6. The smallest absolute Gasteiger partial charge is 0.227 e. The molecule has 0 bridgehead atoms. The standard InChI is InChI=1S/C23H34N2O2.C10H21N.CH5N/c1-6-20(26)19-12-7-8-13-23(19,5)21(27)24-15-17-10-9-11-18(14-17)16-25-22(2,3)4;1-9(10(2,3)4)7-5-6-8-11;1-2/h7-11,14,19,25H,6,12-13,15-16H2,1-5H3,(H,24,27);7H,5-6,8,11H2,1-4H3;2H2,1H3/b;9-7+;. The van der Waals surface area contributed by atoms with E-state index in [1.165, 1.54) is 18.2 Å². The minimum absolute atomic E-state index is 0.0307. The highest BCUT2D eigenvalue weighted by Gasteiger charge is 2.44. The first-order valence-corrected chi connectivity index (χ1v) is 14.9. The topological polar surface area (TPSA) is 110 Å². The van der Waals surface area contributed by atoms with E-state index in [1.54, 1.807) is 0 Å². The summed E-state index contributed by atoms with van der Waals surface area (Å²) in [6, 6.07) is 8.26. The second-order valence-electron chi connectivity index (χ2n) is 12.9. The van der Waals surface area contributed by atoms with Crippen molar-refractivity contribution in [2.75, 3.05) is 13.6 Å². The van der Waals surface area contributed by atoms with Gasteiger partial charge in [-0.2, -0.15) is 0 Å². The van der Waals surface area contributed by atoms with Crippen molar-refractivity contribution in [3.8, 4) is 0 Å².